The molecule has 1 unspecified atom stereocenters. The Labute approximate surface area is 123 Å². The van der Waals surface area contributed by atoms with Crippen LogP contribution < -0.4 is 11.1 Å². The quantitative estimate of drug-likeness (QED) is 0.884. The summed E-state index contributed by atoms with van der Waals surface area (Å²) in [5.74, 6) is -0.425. The van der Waals surface area contributed by atoms with Crippen LogP contribution in [0.15, 0.2) is 48.5 Å². The molecule has 2 rings (SSSR count). The molecule has 0 saturated carbocycles. The zero-order chi connectivity index (χ0) is 14.5. The third-order valence-corrected chi connectivity index (χ3v) is 3.53. The van der Waals surface area contributed by atoms with E-state index in [0.29, 0.717) is 10.7 Å². The van der Waals surface area contributed by atoms with Gasteiger partial charge in [0.05, 0.1) is 10.7 Å². The standard InChI is InChI=1S/C16H17ClN2O/c1-2-11-7-3-4-8-12(11)15(16(18)20)19-14-10-6-5-9-13(14)17/h3-10,15,19H,2H2,1H3,(H2,18,20). The molecule has 104 valence electrons. The van der Waals surface area contributed by atoms with E-state index in [9.17, 15) is 4.79 Å². The minimum absolute atomic E-state index is 0.425. The van der Waals surface area contributed by atoms with E-state index in [1.54, 1.807) is 6.07 Å². The number of nitrogens with two attached hydrogens (primary N) is 1. The van der Waals surface area contributed by atoms with Gasteiger partial charge in [0.15, 0.2) is 0 Å². The van der Waals surface area contributed by atoms with Crippen molar-refractivity contribution in [3.8, 4) is 0 Å². The van der Waals surface area contributed by atoms with E-state index in [0.717, 1.165) is 17.5 Å². The first-order valence-corrected chi connectivity index (χ1v) is 6.89. The summed E-state index contributed by atoms with van der Waals surface area (Å²) in [5.41, 5.74) is 8.23. The van der Waals surface area contributed by atoms with Gasteiger partial charge in [0, 0.05) is 0 Å². The zero-order valence-electron chi connectivity index (χ0n) is 11.3. The van der Waals surface area contributed by atoms with Gasteiger partial charge in [0.2, 0.25) is 5.91 Å². The second-order valence-corrected chi connectivity index (χ2v) is 4.92. The Bertz CT molecular complexity index is 613. The largest absolute Gasteiger partial charge is 0.369 e. The molecule has 1 atom stereocenters. The van der Waals surface area contributed by atoms with Crippen LogP contribution in [0.25, 0.3) is 0 Å². The highest BCUT2D eigenvalue weighted by Gasteiger charge is 2.20. The number of nitrogens with one attached hydrogen (secondary N) is 1. The average Bonchev–Trinajstić information content (AvgIpc) is 2.46. The highest BCUT2D eigenvalue weighted by Crippen LogP contribution is 2.27. The molecule has 0 bridgehead atoms. The number of hydrogen-bond donors (Lipinski definition) is 2. The summed E-state index contributed by atoms with van der Waals surface area (Å²) in [6.07, 6.45) is 0.837. The molecular formula is C16H17ClN2O. The Kier molecular flexibility index (Phi) is 4.64. The van der Waals surface area contributed by atoms with Gasteiger partial charge in [0.25, 0.3) is 0 Å². The lowest BCUT2D eigenvalue weighted by Crippen LogP contribution is -2.28. The van der Waals surface area contributed by atoms with Crippen LogP contribution in [0.1, 0.15) is 24.1 Å². The van der Waals surface area contributed by atoms with Gasteiger partial charge >= 0.3 is 0 Å². The third-order valence-electron chi connectivity index (χ3n) is 3.21. The summed E-state index contributed by atoms with van der Waals surface area (Å²) in [5, 5.41) is 3.69. The monoisotopic (exact) mass is 288 g/mol. The SMILES string of the molecule is CCc1ccccc1C(Nc1ccccc1Cl)C(N)=O. The van der Waals surface area contributed by atoms with Crippen LogP contribution >= 0.6 is 11.6 Å². The molecule has 2 aromatic carbocycles. The van der Waals surface area contributed by atoms with Gasteiger partial charge in [0.1, 0.15) is 6.04 Å². The summed E-state index contributed by atoms with van der Waals surface area (Å²) in [6, 6.07) is 14.5. The predicted octanol–water partition coefficient (Wildman–Crippen LogP) is 3.54. The Morgan fingerprint density at radius 2 is 1.85 bits per heavy atom. The van der Waals surface area contributed by atoms with Gasteiger partial charge in [-0.15, -0.1) is 0 Å². The van der Waals surface area contributed by atoms with Crippen LogP contribution in [-0.4, -0.2) is 5.91 Å². The van der Waals surface area contributed by atoms with Crippen molar-refractivity contribution in [1.29, 1.82) is 0 Å². The summed E-state index contributed by atoms with van der Waals surface area (Å²) < 4.78 is 0. The van der Waals surface area contributed by atoms with E-state index in [1.165, 1.54) is 0 Å². The minimum atomic E-state index is -0.592. The van der Waals surface area contributed by atoms with Crippen molar-refractivity contribution < 1.29 is 4.79 Å². The molecule has 3 N–H and O–H groups in total. The Morgan fingerprint density at radius 1 is 1.20 bits per heavy atom. The number of primary amides is 1. The van der Waals surface area contributed by atoms with Crippen molar-refractivity contribution in [2.45, 2.75) is 19.4 Å². The molecule has 0 aliphatic carbocycles. The maximum absolute atomic E-state index is 11.8. The van der Waals surface area contributed by atoms with Gasteiger partial charge in [-0.3, -0.25) is 4.79 Å². The fraction of sp³-hybridized carbons (Fsp3) is 0.188. The van der Waals surface area contributed by atoms with Gasteiger partial charge in [-0.1, -0.05) is 54.9 Å². The van der Waals surface area contributed by atoms with Crippen molar-refractivity contribution in [1.82, 2.24) is 0 Å². The van der Waals surface area contributed by atoms with Crippen LogP contribution in [0.4, 0.5) is 5.69 Å². The average molecular weight is 289 g/mol. The van der Waals surface area contributed by atoms with E-state index in [2.05, 4.69) is 5.32 Å². The molecule has 0 heterocycles. The molecule has 3 nitrogen and oxygen atoms in total. The number of amides is 1. The summed E-state index contributed by atoms with van der Waals surface area (Å²) in [6.45, 7) is 2.05. The van der Waals surface area contributed by atoms with E-state index in [-0.39, 0.29) is 0 Å². The lowest BCUT2D eigenvalue weighted by Gasteiger charge is -2.20. The predicted molar refractivity (Wildman–Crippen MR) is 82.8 cm³/mol. The number of rotatable bonds is 5. The van der Waals surface area contributed by atoms with Crippen molar-refractivity contribution in [3.05, 3.63) is 64.7 Å². The molecule has 0 saturated heterocycles. The van der Waals surface area contributed by atoms with Gasteiger partial charge in [-0.25, -0.2) is 0 Å². The molecule has 0 aromatic heterocycles. The van der Waals surface area contributed by atoms with E-state index in [1.807, 2.05) is 49.4 Å². The fourth-order valence-electron chi connectivity index (χ4n) is 2.17. The summed E-state index contributed by atoms with van der Waals surface area (Å²) >= 11 is 6.12. The van der Waals surface area contributed by atoms with Crippen molar-refractivity contribution in [3.63, 3.8) is 0 Å². The number of carbonyl (C=O) groups excluding carboxylic acids is 1. The first-order chi connectivity index (χ1) is 9.63. The highest BCUT2D eigenvalue weighted by molar-refractivity contribution is 6.33. The number of halogens is 1. The van der Waals surface area contributed by atoms with Crippen LogP contribution in [-0.2, 0) is 11.2 Å². The number of benzene rings is 2. The van der Waals surface area contributed by atoms with E-state index < -0.39 is 11.9 Å². The van der Waals surface area contributed by atoms with E-state index in [4.69, 9.17) is 17.3 Å². The molecule has 0 spiro atoms. The minimum Gasteiger partial charge on any atom is -0.369 e. The molecular weight excluding hydrogens is 272 g/mol. The molecule has 1 amide bonds. The number of aryl methyl sites for hydroxylation is 1. The van der Waals surface area contributed by atoms with Crippen molar-refractivity contribution >= 4 is 23.2 Å². The molecule has 20 heavy (non-hydrogen) atoms. The normalized spacial score (nSPS) is 11.9. The lowest BCUT2D eigenvalue weighted by molar-refractivity contribution is -0.118. The second kappa shape index (κ2) is 6.44. The Balaban J connectivity index is 2.37. The van der Waals surface area contributed by atoms with Crippen LogP contribution in [0, 0.1) is 0 Å². The number of para-hydroxylation sites is 1. The Morgan fingerprint density at radius 3 is 2.50 bits per heavy atom. The van der Waals surface area contributed by atoms with E-state index >= 15 is 0 Å². The first-order valence-electron chi connectivity index (χ1n) is 6.51. The number of carbonyl (C=O) groups is 1. The van der Waals surface area contributed by atoms with Gasteiger partial charge < -0.3 is 11.1 Å². The summed E-state index contributed by atoms with van der Waals surface area (Å²) in [4.78, 5) is 11.8. The zero-order valence-corrected chi connectivity index (χ0v) is 12.0. The fourth-order valence-corrected chi connectivity index (χ4v) is 2.36. The number of anilines is 1. The van der Waals surface area contributed by atoms with Crippen LogP contribution in [0.2, 0.25) is 5.02 Å². The highest BCUT2D eigenvalue weighted by atomic mass is 35.5. The molecule has 4 heteroatoms. The third kappa shape index (κ3) is 3.11. The van der Waals surface area contributed by atoms with Gasteiger partial charge in [-0.05, 0) is 29.7 Å². The smallest absolute Gasteiger partial charge is 0.244 e. The van der Waals surface area contributed by atoms with Crippen molar-refractivity contribution in [2.75, 3.05) is 5.32 Å². The lowest BCUT2D eigenvalue weighted by atomic mass is 9.98. The second-order valence-electron chi connectivity index (χ2n) is 4.51. The molecule has 0 aliphatic heterocycles. The van der Waals surface area contributed by atoms with Crippen molar-refractivity contribution in [2.24, 2.45) is 5.73 Å². The first kappa shape index (κ1) is 14.4. The summed E-state index contributed by atoms with van der Waals surface area (Å²) in [7, 11) is 0. The molecule has 2 aromatic rings. The Hall–Kier alpha value is -2.00. The maximum Gasteiger partial charge on any atom is 0.244 e. The maximum atomic E-state index is 11.8. The number of hydrogen-bond acceptors (Lipinski definition) is 2. The topological polar surface area (TPSA) is 55.1 Å². The van der Waals surface area contributed by atoms with Crippen LogP contribution in [0.3, 0.4) is 0 Å². The molecule has 0 aliphatic rings. The molecule has 0 fully saturated rings. The van der Waals surface area contributed by atoms with Crippen LogP contribution in [0.5, 0.6) is 0 Å². The molecule has 0 radical (unpaired) electrons. The van der Waals surface area contributed by atoms with Gasteiger partial charge in [-0.2, -0.15) is 0 Å².